The minimum absolute atomic E-state index is 0.282. The number of fused-ring (bicyclic) bond motifs is 2. The molecular formula is C19H24N8O4. The highest BCUT2D eigenvalue weighted by Crippen LogP contribution is 2.32. The number of rotatable bonds is 1. The largest absolute Gasteiger partial charge is 0.336 e. The average molecular weight is 428 g/mol. The Morgan fingerprint density at radius 2 is 1.61 bits per heavy atom. The van der Waals surface area contributed by atoms with Crippen molar-refractivity contribution < 1.29 is 0 Å². The maximum atomic E-state index is 12.0. The molecule has 0 atom stereocenters. The second kappa shape index (κ2) is 7.52. The molecule has 31 heavy (non-hydrogen) atoms. The number of hydrogen-bond acceptors (Lipinski definition) is 6. The van der Waals surface area contributed by atoms with Crippen LogP contribution >= 0.6 is 0 Å². The Morgan fingerprint density at radius 3 is 2.29 bits per heavy atom. The van der Waals surface area contributed by atoms with E-state index in [0.29, 0.717) is 22.7 Å². The van der Waals surface area contributed by atoms with Gasteiger partial charge in [-0.1, -0.05) is 12.8 Å². The molecule has 1 aliphatic carbocycles. The summed E-state index contributed by atoms with van der Waals surface area (Å²) < 4.78 is 5.51. The van der Waals surface area contributed by atoms with Gasteiger partial charge < -0.3 is 9.55 Å². The summed E-state index contributed by atoms with van der Waals surface area (Å²) >= 11 is 0. The average Bonchev–Trinajstić information content (AvgIpc) is 3.48. The van der Waals surface area contributed by atoms with Gasteiger partial charge in [0.1, 0.15) is 17.0 Å². The van der Waals surface area contributed by atoms with Crippen LogP contribution < -0.4 is 22.5 Å². The van der Waals surface area contributed by atoms with Gasteiger partial charge in [0.2, 0.25) is 0 Å². The summed E-state index contributed by atoms with van der Waals surface area (Å²) in [5.74, 6) is 1.25. The number of aromatic nitrogens is 8. The van der Waals surface area contributed by atoms with Gasteiger partial charge in [-0.2, -0.15) is 0 Å². The Labute approximate surface area is 174 Å². The first-order chi connectivity index (χ1) is 14.7. The van der Waals surface area contributed by atoms with E-state index >= 15 is 0 Å². The molecule has 164 valence electrons. The summed E-state index contributed by atoms with van der Waals surface area (Å²) in [5, 5.41) is 0. The molecule has 0 spiro atoms. The molecule has 0 amide bonds. The van der Waals surface area contributed by atoms with Gasteiger partial charge in [-0.05, 0) is 12.8 Å². The molecule has 0 aliphatic heterocycles. The van der Waals surface area contributed by atoms with Crippen molar-refractivity contribution in [2.24, 2.45) is 28.2 Å². The van der Waals surface area contributed by atoms with Crippen molar-refractivity contribution in [3.05, 3.63) is 53.8 Å². The van der Waals surface area contributed by atoms with E-state index in [9.17, 15) is 19.2 Å². The van der Waals surface area contributed by atoms with Crippen molar-refractivity contribution in [3.63, 3.8) is 0 Å². The van der Waals surface area contributed by atoms with Crippen molar-refractivity contribution >= 4 is 22.3 Å². The lowest BCUT2D eigenvalue weighted by Gasteiger charge is -2.02. The lowest BCUT2D eigenvalue weighted by Crippen LogP contribution is -2.36. The van der Waals surface area contributed by atoms with Crippen molar-refractivity contribution in [1.82, 2.24) is 38.2 Å². The molecule has 4 aromatic heterocycles. The van der Waals surface area contributed by atoms with Gasteiger partial charge in [0.15, 0.2) is 11.2 Å². The smallest absolute Gasteiger partial charge is 0.332 e. The summed E-state index contributed by atoms with van der Waals surface area (Å²) in [6.45, 7) is 0. The van der Waals surface area contributed by atoms with E-state index in [4.69, 9.17) is 0 Å². The molecule has 4 aromatic rings. The number of aromatic amines is 2. The van der Waals surface area contributed by atoms with E-state index in [1.165, 1.54) is 35.4 Å². The molecule has 0 saturated heterocycles. The van der Waals surface area contributed by atoms with Crippen LogP contribution in [0.5, 0.6) is 0 Å². The lowest BCUT2D eigenvalue weighted by atomic mass is 10.1. The van der Waals surface area contributed by atoms with Crippen molar-refractivity contribution in [3.8, 4) is 0 Å². The van der Waals surface area contributed by atoms with Crippen LogP contribution in [0, 0.1) is 0 Å². The number of aryl methyl sites for hydroxylation is 3. The predicted octanol–water partition coefficient (Wildman–Crippen LogP) is -0.422. The highest BCUT2D eigenvalue weighted by atomic mass is 16.2. The third-order valence-corrected chi connectivity index (χ3v) is 5.82. The zero-order valence-corrected chi connectivity index (χ0v) is 17.8. The zero-order valence-electron chi connectivity index (χ0n) is 17.8. The van der Waals surface area contributed by atoms with Crippen LogP contribution in [0.2, 0.25) is 0 Å². The van der Waals surface area contributed by atoms with Gasteiger partial charge in [0.05, 0.1) is 6.33 Å². The van der Waals surface area contributed by atoms with Crippen LogP contribution in [0.4, 0.5) is 0 Å². The van der Waals surface area contributed by atoms with Gasteiger partial charge in [-0.15, -0.1) is 0 Å². The van der Waals surface area contributed by atoms with Crippen molar-refractivity contribution in [2.75, 3.05) is 0 Å². The number of hydrogen-bond donors (Lipinski definition) is 2. The summed E-state index contributed by atoms with van der Waals surface area (Å²) in [5.41, 5.74) is 0.187. The predicted molar refractivity (Wildman–Crippen MR) is 114 cm³/mol. The van der Waals surface area contributed by atoms with Gasteiger partial charge in [-0.3, -0.25) is 28.3 Å². The summed E-state index contributed by atoms with van der Waals surface area (Å²) in [6, 6.07) is 0. The van der Waals surface area contributed by atoms with E-state index in [-0.39, 0.29) is 16.8 Å². The fourth-order valence-corrected chi connectivity index (χ4v) is 4.05. The number of imidazole rings is 2. The van der Waals surface area contributed by atoms with E-state index in [2.05, 4.69) is 19.9 Å². The van der Waals surface area contributed by atoms with E-state index in [1.54, 1.807) is 25.7 Å². The Balaban J connectivity index is 0.000000158. The molecule has 0 bridgehead atoms. The van der Waals surface area contributed by atoms with Crippen molar-refractivity contribution in [1.29, 1.82) is 0 Å². The molecule has 12 nitrogen and oxygen atoms in total. The topological polar surface area (TPSA) is 145 Å². The lowest BCUT2D eigenvalue weighted by molar-refractivity contribution is 0.678. The van der Waals surface area contributed by atoms with E-state index in [1.807, 2.05) is 0 Å². The molecule has 1 saturated carbocycles. The minimum Gasteiger partial charge on any atom is -0.336 e. The SMILES string of the molecule is Cn1c(=O)c2[nH]c(C3CCCC3)nc2n(C)c1=O.Cn1cnc2c(=O)[nH]c(=O)n(C)c21. The fraction of sp³-hybridized carbons (Fsp3) is 0.474. The maximum Gasteiger partial charge on any atom is 0.332 e. The molecule has 1 aliphatic rings. The molecule has 5 rings (SSSR count). The molecule has 0 radical (unpaired) electrons. The van der Waals surface area contributed by atoms with Gasteiger partial charge >= 0.3 is 11.4 Å². The maximum absolute atomic E-state index is 12.0. The summed E-state index contributed by atoms with van der Waals surface area (Å²) in [6.07, 6.45) is 6.12. The summed E-state index contributed by atoms with van der Waals surface area (Å²) in [4.78, 5) is 59.8. The van der Waals surface area contributed by atoms with Gasteiger partial charge in [0, 0.05) is 34.1 Å². The number of nitrogens with zero attached hydrogens (tertiary/aromatic N) is 6. The quantitative estimate of drug-likeness (QED) is 0.421. The Hall–Kier alpha value is -3.70. The number of H-pyrrole nitrogens is 2. The second-order valence-electron chi connectivity index (χ2n) is 7.85. The monoisotopic (exact) mass is 428 g/mol. The van der Waals surface area contributed by atoms with Crippen molar-refractivity contribution in [2.45, 2.75) is 31.6 Å². The van der Waals surface area contributed by atoms with Crippen LogP contribution in [-0.2, 0) is 28.2 Å². The van der Waals surface area contributed by atoms with Crippen LogP contribution in [-0.4, -0.2) is 38.2 Å². The van der Waals surface area contributed by atoms with Gasteiger partial charge in [0.25, 0.3) is 11.1 Å². The van der Waals surface area contributed by atoms with E-state index in [0.717, 1.165) is 23.2 Å². The minimum atomic E-state index is -0.446. The Kier molecular flexibility index (Phi) is 4.99. The number of nitrogens with one attached hydrogen (secondary N) is 2. The zero-order chi connectivity index (χ0) is 22.4. The molecule has 2 N–H and O–H groups in total. The third kappa shape index (κ3) is 3.33. The first kappa shape index (κ1) is 20.6. The molecule has 12 heteroatoms. The normalized spacial score (nSPS) is 14.3. The van der Waals surface area contributed by atoms with Crippen LogP contribution in [0.15, 0.2) is 25.5 Å². The highest BCUT2D eigenvalue weighted by molar-refractivity contribution is 5.70. The standard InChI is InChI=1S/C12H16N4O2.C7H8N4O2/c1-15-10-8(11(17)16(2)12(15)18)13-9(14-10)7-5-3-4-6-7;1-10-3-8-4-5(12)9-7(13)11(2)6(4)10/h7H,3-6H2,1-2H3,(H,13,14);3H,1-2H3,(H,9,12,13). The van der Waals surface area contributed by atoms with Crippen LogP contribution in [0.25, 0.3) is 22.3 Å². The first-order valence-corrected chi connectivity index (χ1v) is 9.96. The van der Waals surface area contributed by atoms with Crippen LogP contribution in [0.3, 0.4) is 0 Å². The molecule has 0 unspecified atom stereocenters. The Morgan fingerprint density at radius 1 is 0.935 bits per heavy atom. The second-order valence-corrected chi connectivity index (χ2v) is 7.85. The fourth-order valence-electron chi connectivity index (χ4n) is 4.05. The molecular weight excluding hydrogens is 404 g/mol. The third-order valence-electron chi connectivity index (χ3n) is 5.82. The molecule has 1 fully saturated rings. The Bertz CT molecular complexity index is 1520. The molecule has 4 heterocycles. The van der Waals surface area contributed by atoms with Gasteiger partial charge in [-0.25, -0.2) is 19.6 Å². The van der Waals surface area contributed by atoms with E-state index < -0.39 is 11.2 Å². The first-order valence-electron chi connectivity index (χ1n) is 9.96. The van der Waals surface area contributed by atoms with Crippen LogP contribution in [0.1, 0.15) is 37.4 Å². The molecule has 0 aromatic carbocycles. The highest BCUT2D eigenvalue weighted by Gasteiger charge is 2.22. The summed E-state index contributed by atoms with van der Waals surface area (Å²) in [7, 11) is 6.44.